The Bertz CT molecular complexity index is 1320. The fourth-order valence-electron chi connectivity index (χ4n) is 3.79. The van der Waals surface area contributed by atoms with Crippen molar-refractivity contribution in [2.75, 3.05) is 6.54 Å². The van der Waals surface area contributed by atoms with Crippen LogP contribution in [0.3, 0.4) is 0 Å². The van der Waals surface area contributed by atoms with Gasteiger partial charge in [-0.2, -0.15) is 0 Å². The molecule has 1 aliphatic heterocycles. The normalized spacial score (nSPS) is 17.0. The van der Waals surface area contributed by atoms with E-state index in [-0.39, 0.29) is 5.56 Å². The largest absolute Gasteiger partial charge is 0.441 e. The lowest BCUT2D eigenvalue weighted by molar-refractivity contribution is 0.521. The molecule has 3 aromatic heterocycles. The van der Waals surface area contributed by atoms with Crippen LogP contribution in [0.15, 0.2) is 51.9 Å². The second-order valence-electron chi connectivity index (χ2n) is 7.34. The molecule has 0 saturated carbocycles. The van der Waals surface area contributed by atoms with Crippen LogP contribution < -0.4 is 10.9 Å². The first-order valence-corrected chi connectivity index (χ1v) is 9.80. The van der Waals surface area contributed by atoms with Crippen molar-refractivity contribution < 1.29 is 4.42 Å². The van der Waals surface area contributed by atoms with E-state index in [2.05, 4.69) is 33.3 Å². The van der Waals surface area contributed by atoms with Crippen LogP contribution in [-0.4, -0.2) is 31.9 Å². The lowest BCUT2D eigenvalue weighted by atomic mass is 9.98. The lowest BCUT2D eigenvalue weighted by Gasteiger charge is -2.22. The first-order chi connectivity index (χ1) is 14.1. The zero-order valence-electron chi connectivity index (χ0n) is 16.3. The predicted octanol–water partition coefficient (Wildman–Crippen LogP) is 3.36. The number of nitrogens with zero attached hydrogens (tertiary/aromatic N) is 4. The van der Waals surface area contributed by atoms with Crippen LogP contribution >= 0.6 is 0 Å². The number of aryl methyl sites for hydroxylation is 1. The van der Waals surface area contributed by atoms with Crippen LogP contribution in [0.4, 0.5) is 0 Å². The Labute approximate surface area is 167 Å². The highest BCUT2D eigenvalue weighted by molar-refractivity contribution is 5.79. The first-order valence-electron chi connectivity index (χ1n) is 9.80. The summed E-state index contributed by atoms with van der Waals surface area (Å²) in [5.74, 6) is 0.609. The SMILES string of the molecule is CCC1CC(c2cn3c(=O)cc(-c4ccc5nc(C)oc5c4)nc3cn2)=CCN1. The van der Waals surface area contributed by atoms with Gasteiger partial charge in [-0.3, -0.25) is 14.2 Å². The Morgan fingerprint density at radius 2 is 2.14 bits per heavy atom. The molecule has 4 heterocycles. The molecule has 4 aromatic rings. The molecule has 7 nitrogen and oxygen atoms in total. The van der Waals surface area contributed by atoms with Crippen molar-refractivity contribution in [1.82, 2.24) is 24.7 Å². The Morgan fingerprint density at radius 3 is 3.00 bits per heavy atom. The minimum absolute atomic E-state index is 0.135. The maximum atomic E-state index is 12.8. The standard InChI is InChI=1S/C22H21N5O2/c1-3-16-8-15(6-7-23-16)19-12-27-21(11-24-19)26-18(10-22(27)28)14-4-5-17-20(9-14)29-13(2)25-17/h4-6,9-12,16,23H,3,7-8H2,1-2H3. The number of hydrogen-bond acceptors (Lipinski definition) is 6. The summed E-state index contributed by atoms with van der Waals surface area (Å²) in [5, 5.41) is 3.46. The molecule has 0 fully saturated rings. The summed E-state index contributed by atoms with van der Waals surface area (Å²) in [7, 11) is 0. The highest BCUT2D eigenvalue weighted by atomic mass is 16.3. The Morgan fingerprint density at radius 1 is 1.24 bits per heavy atom. The van der Waals surface area contributed by atoms with Gasteiger partial charge < -0.3 is 9.73 Å². The van der Waals surface area contributed by atoms with Crippen LogP contribution in [0.25, 0.3) is 33.6 Å². The van der Waals surface area contributed by atoms with Gasteiger partial charge in [-0.25, -0.2) is 9.97 Å². The summed E-state index contributed by atoms with van der Waals surface area (Å²) in [6.07, 6.45) is 7.57. The summed E-state index contributed by atoms with van der Waals surface area (Å²) in [5.41, 5.74) is 5.24. The van der Waals surface area contributed by atoms with E-state index in [9.17, 15) is 4.79 Å². The van der Waals surface area contributed by atoms with E-state index in [1.807, 2.05) is 25.1 Å². The van der Waals surface area contributed by atoms with Gasteiger partial charge in [-0.15, -0.1) is 0 Å². The maximum Gasteiger partial charge on any atom is 0.258 e. The molecule has 0 saturated heterocycles. The number of hydrogen-bond donors (Lipinski definition) is 1. The van der Waals surface area contributed by atoms with E-state index in [1.54, 1.807) is 22.9 Å². The van der Waals surface area contributed by atoms with Crippen molar-refractivity contribution in [1.29, 1.82) is 0 Å². The van der Waals surface area contributed by atoms with E-state index in [1.165, 1.54) is 5.57 Å². The fraction of sp³-hybridized carbons (Fsp3) is 0.273. The highest BCUT2D eigenvalue weighted by Gasteiger charge is 2.16. The zero-order valence-corrected chi connectivity index (χ0v) is 16.3. The van der Waals surface area contributed by atoms with E-state index < -0.39 is 0 Å². The van der Waals surface area contributed by atoms with Crippen LogP contribution in [0.2, 0.25) is 0 Å². The molecule has 146 valence electrons. The fourth-order valence-corrected chi connectivity index (χ4v) is 3.79. The van der Waals surface area contributed by atoms with Crippen molar-refractivity contribution in [2.45, 2.75) is 32.7 Å². The Balaban J connectivity index is 1.56. The molecule has 0 amide bonds. The second kappa shape index (κ2) is 6.93. The molecule has 0 bridgehead atoms. The third kappa shape index (κ3) is 3.23. The van der Waals surface area contributed by atoms with Crippen LogP contribution in [0.1, 0.15) is 31.4 Å². The number of aromatic nitrogens is 4. The van der Waals surface area contributed by atoms with Crippen LogP contribution in [0, 0.1) is 6.92 Å². The molecule has 1 unspecified atom stereocenters. The van der Waals surface area contributed by atoms with E-state index >= 15 is 0 Å². The average molecular weight is 387 g/mol. The van der Waals surface area contributed by atoms with Crippen molar-refractivity contribution in [2.24, 2.45) is 0 Å². The van der Waals surface area contributed by atoms with Gasteiger partial charge >= 0.3 is 0 Å². The molecule has 1 aliphatic rings. The molecule has 5 rings (SSSR count). The van der Waals surface area contributed by atoms with Gasteiger partial charge in [0.05, 0.1) is 17.6 Å². The van der Waals surface area contributed by atoms with Gasteiger partial charge in [-0.1, -0.05) is 19.1 Å². The van der Waals surface area contributed by atoms with Crippen LogP contribution in [-0.2, 0) is 0 Å². The maximum absolute atomic E-state index is 12.8. The van der Waals surface area contributed by atoms with Crippen molar-refractivity contribution in [3.8, 4) is 11.3 Å². The molecular weight excluding hydrogens is 366 g/mol. The number of nitrogens with one attached hydrogen (secondary N) is 1. The minimum Gasteiger partial charge on any atom is -0.441 e. The summed E-state index contributed by atoms with van der Waals surface area (Å²) in [6.45, 7) is 4.80. The number of oxazole rings is 1. The topological polar surface area (TPSA) is 85.3 Å². The van der Waals surface area contributed by atoms with Gasteiger partial charge in [0.2, 0.25) is 0 Å². The van der Waals surface area contributed by atoms with E-state index in [0.29, 0.717) is 28.9 Å². The minimum atomic E-state index is -0.135. The summed E-state index contributed by atoms with van der Waals surface area (Å²) in [4.78, 5) is 26.4. The first kappa shape index (κ1) is 17.8. The van der Waals surface area contributed by atoms with Crippen molar-refractivity contribution >= 4 is 22.3 Å². The number of fused-ring (bicyclic) bond motifs is 2. The monoisotopic (exact) mass is 387 g/mol. The molecule has 29 heavy (non-hydrogen) atoms. The molecule has 0 radical (unpaired) electrons. The third-order valence-corrected chi connectivity index (χ3v) is 5.38. The Hall–Kier alpha value is -3.32. The van der Waals surface area contributed by atoms with Gasteiger partial charge in [0.25, 0.3) is 5.56 Å². The molecule has 1 N–H and O–H groups in total. The summed E-state index contributed by atoms with van der Waals surface area (Å²) >= 11 is 0. The average Bonchev–Trinajstić information content (AvgIpc) is 3.12. The third-order valence-electron chi connectivity index (χ3n) is 5.38. The molecule has 1 atom stereocenters. The Kier molecular flexibility index (Phi) is 4.24. The molecule has 7 heteroatoms. The highest BCUT2D eigenvalue weighted by Crippen LogP contribution is 2.24. The quantitative estimate of drug-likeness (QED) is 0.580. The van der Waals surface area contributed by atoms with Gasteiger partial charge in [0.1, 0.15) is 5.52 Å². The summed E-state index contributed by atoms with van der Waals surface area (Å²) < 4.78 is 7.16. The van der Waals surface area contributed by atoms with Crippen molar-refractivity contribution in [3.05, 3.63) is 64.7 Å². The number of rotatable bonds is 3. The van der Waals surface area contributed by atoms with Gasteiger partial charge in [-0.05, 0) is 30.5 Å². The lowest BCUT2D eigenvalue weighted by Crippen LogP contribution is -2.32. The molecule has 0 aliphatic carbocycles. The summed E-state index contributed by atoms with van der Waals surface area (Å²) in [6, 6.07) is 7.63. The van der Waals surface area contributed by atoms with Crippen LogP contribution in [0.5, 0.6) is 0 Å². The second-order valence-corrected chi connectivity index (χ2v) is 7.34. The molecular formula is C22H21N5O2. The van der Waals surface area contributed by atoms with Gasteiger partial charge in [0.15, 0.2) is 17.1 Å². The molecule has 0 spiro atoms. The van der Waals surface area contributed by atoms with E-state index in [0.717, 1.165) is 36.2 Å². The number of benzene rings is 1. The van der Waals surface area contributed by atoms with Crippen molar-refractivity contribution in [3.63, 3.8) is 0 Å². The zero-order chi connectivity index (χ0) is 20.0. The van der Waals surface area contributed by atoms with Gasteiger partial charge in [0, 0.05) is 37.3 Å². The van der Waals surface area contributed by atoms with E-state index in [4.69, 9.17) is 4.42 Å². The smallest absolute Gasteiger partial charge is 0.258 e. The molecule has 1 aromatic carbocycles. The predicted molar refractivity (Wildman–Crippen MR) is 112 cm³/mol.